The Bertz CT molecular complexity index is 914. The molecular formula is C21H25N3O7. The molecule has 0 spiro atoms. The Morgan fingerprint density at radius 3 is 2.68 bits per heavy atom. The summed E-state index contributed by atoms with van der Waals surface area (Å²) >= 11 is 0. The number of ether oxygens (including phenoxy) is 1. The van der Waals surface area contributed by atoms with Gasteiger partial charge in [-0.2, -0.15) is 0 Å². The molecule has 0 aromatic heterocycles. The van der Waals surface area contributed by atoms with E-state index in [1.165, 1.54) is 25.3 Å². The van der Waals surface area contributed by atoms with Crippen LogP contribution in [0.4, 0.5) is 5.69 Å². The minimum Gasteiger partial charge on any atom is -0.469 e. The van der Waals surface area contributed by atoms with Gasteiger partial charge in [-0.15, -0.1) is 0 Å². The first-order valence-corrected chi connectivity index (χ1v) is 10.3. The smallest absolute Gasteiger partial charge is 0.309 e. The molecule has 1 aromatic rings. The Morgan fingerprint density at radius 2 is 1.97 bits per heavy atom. The first-order valence-electron chi connectivity index (χ1n) is 10.3. The number of fused-ring (bicyclic) bond motifs is 1. The Morgan fingerprint density at radius 1 is 1.23 bits per heavy atom. The molecule has 1 aliphatic carbocycles. The second-order valence-electron chi connectivity index (χ2n) is 7.80. The zero-order valence-corrected chi connectivity index (χ0v) is 17.3. The Labute approximate surface area is 179 Å². The summed E-state index contributed by atoms with van der Waals surface area (Å²) in [5, 5.41) is 14.0. The van der Waals surface area contributed by atoms with Crippen molar-refractivity contribution in [2.24, 2.45) is 11.8 Å². The van der Waals surface area contributed by atoms with Gasteiger partial charge in [0.15, 0.2) is 0 Å². The van der Waals surface area contributed by atoms with E-state index in [4.69, 9.17) is 4.74 Å². The molecule has 1 aliphatic heterocycles. The SMILES string of the molecule is COC(=O)C1CCCCC1CNC(=O)CCCN1C(=O)c2cccc([N+](=O)[O-])c2C1=O. The molecule has 1 N–H and O–H groups in total. The van der Waals surface area contributed by atoms with E-state index in [-0.39, 0.29) is 54.2 Å². The van der Waals surface area contributed by atoms with E-state index in [0.29, 0.717) is 6.54 Å². The number of benzene rings is 1. The summed E-state index contributed by atoms with van der Waals surface area (Å²) in [7, 11) is 1.36. The van der Waals surface area contributed by atoms with Gasteiger partial charge in [0, 0.05) is 25.6 Å². The number of amides is 3. The number of methoxy groups -OCH3 is 1. The van der Waals surface area contributed by atoms with Crippen molar-refractivity contribution in [2.45, 2.75) is 38.5 Å². The van der Waals surface area contributed by atoms with Crippen LogP contribution in [0.15, 0.2) is 18.2 Å². The standard InChI is InChI=1S/C21H25N3O7/c1-31-21(28)14-7-3-2-6-13(14)12-22-17(25)10-5-11-23-19(26)15-8-4-9-16(24(29)30)18(15)20(23)27/h4,8-9,13-14H,2-3,5-7,10-12H2,1H3,(H,22,25). The third-order valence-electron chi connectivity index (χ3n) is 5.93. The largest absolute Gasteiger partial charge is 0.469 e. The first kappa shape index (κ1) is 22.4. The van der Waals surface area contributed by atoms with Crippen molar-refractivity contribution < 1.29 is 28.8 Å². The highest BCUT2D eigenvalue weighted by molar-refractivity contribution is 6.23. The quantitative estimate of drug-likeness (QED) is 0.288. The number of nitro benzene ring substituents is 1. The lowest BCUT2D eigenvalue weighted by Gasteiger charge is -2.29. The van der Waals surface area contributed by atoms with Crippen LogP contribution in [0, 0.1) is 22.0 Å². The van der Waals surface area contributed by atoms with Crippen LogP contribution < -0.4 is 5.32 Å². The topological polar surface area (TPSA) is 136 Å². The normalized spacial score (nSPS) is 20.4. The molecule has 0 bridgehead atoms. The van der Waals surface area contributed by atoms with E-state index in [0.717, 1.165) is 30.6 Å². The number of nitro groups is 1. The molecule has 2 unspecified atom stereocenters. The molecule has 1 aromatic carbocycles. The third-order valence-corrected chi connectivity index (χ3v) is 5.93. The van der Waals surface area contributed by atoms with Gasteiger partial charge in [-0.3, -0.25) is 34.2 Å². The summed E-state index contributed by atoms with van der Waals surface area (Å²) < 4.78 is 4.86. The van der Waals surface area contributed by atoms with Crippen molar-refractivity contribution in [1.29, 1.82) is 0 Å². The van der Waals surface area contributed by atoms with Gasteiger partial charge in [0.1, 0.15) is 5.56 Å². The fraction of sp³-hybridized carbons (Fsp3) is 0.524. The summed E-state index contributed by atoms with van der Waals surface area (Å²) in [5.41, 5.74) is -0.591. The number of esters is 1. The number of nitrogens with one attached hydrogen (secondary N) is 1. The van der Waals surface area contributed by atoms with Crippen LogP contribution in [0.25, 0.3) is 0 Å². The molecule has 1 heterocycles. The van der Waals surface area contributed by atoms with Gasteiger partial charge in [-0.1, -0.05) is 18.9 Å². The lowest BCUT2D eigenvalue weighted by molar-refractivity contribution is -0.385. The van der Waals surface area contributed by atoms with Crippen molar-refractivity contribution in [2.75, 3.05) is 20.2 Å². The van der Waals surface area contributed by atoms with Crippen molar-refractivity contribution >= 4 is 29.4 Å². The monoisotopic (exact) mass is 431 g/mol. The maximum absolute atomic E-state index is 12.5. The average Bonchev–Trinajstić information content (AvgIpc) is 3.02. The van der Waals surface area contributed by atoms with Crippen LogP contribution in [0.2, 0.25) is 0 Å². The van der Waals surface area contributed by atoms with Crippen LogP contribution in [-0.2, 0) is 14.3 Å². The van der Waals surface area contributed by atoms with Crippen LogP contribution >= 0.6 is 0 Å². The molecule has 10 heteroatoms. The van der Waals surface area contributed by atoms with Crippen LogP contribution in [0.3, 0.4) is 0 Å². The van der Waals surface area contributed by atoms with Gasteiger partial charge < -0.3 is 10.1 Å². The minimum atomic E-state index is -0.712. The summed E-state index contributed by atoms with van der Waals surface area (Å²) in [6.07, 6.45) is 3.87. The molecule has 3 rings (SSSR count). The highest BCUT2D eigenvalue weighted by Gasteiger charge is 2.40. The van der Waals surface area contributed by atoms with Crippen molar-refractivity contribution in [3.8, 4) is 0 Å². The molecule has 1 fully saturated rings. The number of carbonyl (C=O) groups is 4. The van der Waals surface area contributed by atoms with Crippen LogP contribution in [0.1, 0.15) is 59.2 Å². The van der Waals surface area contributed by atoms with Gasteiger partial charge in [-0.25, -0.2) is 0 Å². The van der Waals surface area contributed by atoms with E-state index in [1.54, 1.807) is 0 Å². The van der Waals surface area contributed by atoms with Crippen molar-refractivity contribution in [3.05, 3.63) is 39.4 Å². The Kier molecular flexibility index (Phi) is 6.98. The number of hydrogen-bond donors (Lipinski definition) is 1. The second kappa shape index (κ2) is 9.67. The van der Waals surface area contributed by atoms with E-state index in [2.05, 4.69) is 5.32 Å². The fourth-order valence-electron chi connectivity index (χ4n) is 4.32. The van der Waals surface area contributed by atoms with Crippen LogP contribution in [-0.4, -0.2) is 53.7 Å². The molecule has 1 saturated carbocycles. The maximum atomic E-state index is 12.5. The second-order valence-corrected chi connectivity index (χ2v) is 7.80. The number of rotatable bonds is 8. The predicted octanol–water partition coefficient (Wildman–Crippen LogP) is 2.07. The molecule has 2 atom stereocenters. The number of carbonyl (C=O) groups excluding carboxylic acids is 4. The molecule has 0 radical (unpaired) electrons. The molecule has 31 heavy (non-hydrogen) atoms. The van der Waals surface area contributed by atoms with Crippen molar-refractivity contribution in [3.63, 3.8) is 0 Å². The van der Waals surface area contributed by atoms with Gasteiger partial charge in [-0.05, 0) is 31.2 Å². The van der Waals surface area contributed by atoms with Gasteiger partial charge in [0.25, 0.3) is 17.5 Å². The highest BCUT2D eigenvalue weighted by Crippen LogP contribution is 2.31. The number of nitrogens with zero attached hydrogens (tertiary/aromatic N) is 2. The van der Waals surface area contributed by atoms with Crippen LogP contribution in [0.5, 0.6) is 0 Å². The Hall–Kier alpha value is -3.30. The number of hydrogen-bond acceptors (Lipinski definition) is 7. The van der Waals surface area contributed by atoms with Gasteiger partial charge in [0.2, 0.25) is 5.91 Å². The molecule has 3 amide bonds. The summed E-state index contributed by atoms with van der Waals surface area (Å²) in [6, 6.07) is 3.94. The fourth-order valence-corrected chi connectivity index (χ4v) is 4.32. The molecule has 0 saturated heterocycles. The Balaban J connectivity index is 1.50. The summed E-state index contributed by atoms with van der Waals surface area (Å²) in [5.74, 6) is -1.98. The summed E-state index contributed by atoms with van der Waals surface area (Å²) in [6.45, 7) is 0.364. The lowest BCUT2D eigenvalue weighted by atomic mass is 9.79. The number of imide groups is 1. The minimum absolute atomic E-state index is 0.00879. The zero-order valence-electron chi connectivity index (χ0n) is 17.3. The van der Waals surface area contributed by atoms with Crippen molar-refractivity contribution in [1.82, 2.24) is 10.2 Å². The van der Waals surface area contributed by atoms with Gasteiger partial charge >= 0.3 is 5.97 Å². The summed E-state index contributed by atoms with van der Waals surface area (Å²) in [4.78, 5) is 60.5. The van der Waals surface area contributed by atoms with E-state index in [1.807, 2.05) is 0 Å². The highest BCUT2D eigenvalue weighted by atomic mass is 16.6. The lowest BCUT2D eigenvalue weighted by Crippen LogP contribution is -2.38. The van der Waals surface area contributed by atoms with E-state index in [9.17, 15) is 29.3 Å². The maximum Gasteiger partial charge on any atom is 0.309 e. The van der Waals surface area contributed by atoms with E-state index < -0.39 is 22.4 Å². The van der Waals surface area contributed by atoms with Gasteiger partial charge in [0.05, 0.1) is 23.5 Å². The third kappa shape index (κ3) is 4.73. The predicted molar refractivity (Wildman–Crippen MR) is 108 cm³/mol. The molecular weight excluding hydrogens is 406 g/mol. The molecule has 166 valence electrons. The zero-order chi connectivity index (χ0) is 22.5. The first-order chi connectivity index (χ1) is 14.8. The average molecular weight is 431 g/mol. The van der Waals surface area contributed by atoms with E-state index >= 15 is 0 Å². The molecule has 10 nitrogen and oxygen atoms in total. The molecule has 2 aliphatic rings.